The van der Waals surface area contributed by atoms with Crippen molar-refractivity contribution < 1.29 is 19.1 Å². The molecule has 1 aliphatic heterocycles. The second-order valence-electron chi connectivity index (χ2n) is 6.41. The average Bonchev–Trinajstić information content (AvgIpc) is 3.08. The first-order chi connectivity index (χ1) is 13.1. The van der Waals surface area contributed by atoms with Crippen molar-refractivity contribution in [1.82, 2.24) is 5.32 Å². The van der Waals surface area contributed by atoms with E-state index in [2.05, 4.69) is 5.32 Å². The molecule has 2 amide bonds. The molecule has 3 rings (SSSR count). The molecule has 1 heterocycles. The summed E-state index contributed by atoms with van der Waals surface area (Å²) >= 11 is 0. The Kier molecular flexibility index (Phi) is 5.96. The fraction of sp³-hybridized carbons (Fsp3) is 0.333. The molecule has 0 spiro atoms. The highest BCUT2D eigenvalue weighted by Crippen LogP contribution is 2.28. The molecular formula is C21H24N2O4. The molecule has 1 atom stereocenters. The van der Waals surface area contributed by atoms with Crippen molar-refractivity contribution in [3.8, 4) is 11.5 Å². The lowest BCUT2D eigenvalue weighted by molar-refractivity contribution is -0.126. The number of benzene rings is 2. The van der Waals surface area contributed by atoms with E-state index in [4.69, 9.17) is 9.47 Å². The van der Waals surface area contributed by atoms with Crippen LogP contribution < -0.4 is 19.7 Å². The molecule has 6 heteroatoms. The molecule has 1 N–H and O–H groups in total. The van der Waals surface area contributed by atoms with Crippen LogP contribution in [-0.4, -0.2) is 32.1 Å². The van der Waals surface area contributed by atoms with Gasteiger partial charge in [-0.05, 0) is 36.8 Å². The highest BCUT2D eigenvalue weighted by Gasteiger charge is 2.35. The van der Waals surface area contributed by atoms with Crippen LogP contribution in [0.25, 0.3) is 0 Å². The predicted octanol–water partition coefficient (Wildman–Crippen LogP) is 2.76. The van der Waals surface area contributed by atoms with Gasteiger partial charge in [0.05, 0.1) is 19.6 Å². The fourth-order valence-corrected chi connectivity index (χ4v) is 3.16. The zero-order chi connectivity index (χ0) is 19.2. The number of methoxy groups -OCH3 is 1. The van der Waals surface area contributed by atoms with Crippen LogP contribution in [-0.2, 0) is 16.1 Å². The molecule has 0 radical (unpaired) electrons. The van der Waals surface area contributed by atoms with Crippen LogP contribution in [0.5, 0.6) is 11.5 Å². The normalized spacial score (nSPS) is 16.3. The number of hydrogen-bond acceptors (Lipinski definition) is 4. The van der Waals surface area contributed by atoms with E-state index in [9.17, 15) is 9.59 Å². The van der Waals surface area contributed by atoms with Crippen molar-refractivity contribution in [1.29, 1.82) is 0 Å². The number of carbonyl (C=O) groups excluding carboxylic acids is 2. The largest absolute Gasteiger partial charge is 0.497 e. The standard InChI is InChI=1S/C21H24N2O4/c1-3-27-19-9-4-6-15(10-19)13-22-21(25)16-11-20(24)23(14-16)17-7-5-8-18(12-17)26-2/h4-10,12,16H,3,11,13-14H2,1-2H3,(H,22,25). The summed E-state index contributed by atoms with van der Waals surface area (Å²) in [5.41, 5.74) is 1.71. The number of carbonyl (C=O) groups is 2. The monoisotopic (exact) mass is 368 g/mol. The lowest BCUT2D eigenvalue weighted by Gasteiger charge is -2.17. The lowest BCUT2D eigenvalue weighted by atomic mass is 10.1. The Morgan fingerprint density at radius 1 is 1.19 bits per heavy atom. The molecule has 2 aromatic carbocycles. The third kappa shape index (κ3) is 4.58. The summed E-state index contributed by atoms with van der Waals surface area (Å²) in [6.45, 7) is 3.31. The van der Waals surface area contributed by atoms with Gasteiger partial charge in [0, 0.05) is 31.3 Å². The molecule has 1 fully saturated rings. The van der Waals surface area contributed by atoms with Crippen molar-refractivity contribution in [2.45, 2.75) is 19.9 Å². The van der Waals surface area contributed by atoms with Gasteiger partial charge in [-0.2, -0.15) is 0 Å². The van der Waals surface area contributed by atoms with Crippen molar-refractivity contribution in [2.75, 3.05) is 25.2 Å². The van der Waals surface area contributed by atoms with Gasteiger partial charge in [0.1, 0.15) is 11.5 Å². The molecule has 1 aliphatic rings. The number of rotatable bonds is 7. The van der Waals surface area contributed by atoms with E-state index in [0.717, 1.165) is 17.0 Å². The first kappa shape index (κ1) is 18.8. The zero-order valence-corrected chi connectivity index (χ0v) is 15.6. The molecular weight excluding hydrogens is 344 g/mol. The van der Waals surface area contributed by atoms with Crippen LogP contribution in [0.3, 0.4) is 0 Å². The number of amides is 2. The Hall–Kier alpha value is -3.02. The Morgan fingerprint density at radius 3 is 2.74 bits per heavy atom. The van der Waals surface area contributed by atoms with Crippen LogP contribution in [0.1, 0.15) is 18.9 Å². The predicted molar refractivity (Wildman–Crippen MR) is 103 cm³/mol. The second kappa shape index (κ2) is 8.58. The van der Waals surface area contributed by atoms with Crippen LogP contribution >= 0.6 is 0 Å². The minimum absolute atomic E-state index is 0.0539. The zero-order valence-electron chi connectivity index (χ0n) is 15.6. The summed E-state index contributed by atoms with van der Waals surface area (Å²) in [7, 11) is 1.59. The molecule has 142 valence electrons. The van der Waals surface area contributed by atoms with Crippen LogP contribution in [0, 0.1) is 5.92 Å². The highest BCUT2D eigenvalue weighted by molar-refractivity contribution is 6.00. The summed E-state index contributed by atoms with van der Waals surface area (Å²) in [6, 6.07) is 14.9. The van der Waals surface area contributed by atoms with E-state index in [1.54, 1.807) is 18.1 Å². The van der Waals surface area contributed by atoms with Gasteiger partial charge in [0.25, 0.3) is 0 Å². The minimum atomic E-state index is -0.362. The van der Waals surface area contributed by atoms with Crippen molar-refractivity contribution in [3.63, 3.8) is 0 Å². The van der Waals surface area contributed by atoms with Gasteiger partial charge in [-0.15, -0.1) is 0 Å². The Balaban J connectivity index is 1.59. The maximum Gasteiger partial charge on any atom is 0.227 e. The first-order valence-electron chi connectivity index (χ1n) is 9.04. The van der Waals surface area contributed by atoms with Gasteiger partial charge in [0.15, 0.2) is 0 Å². The summed E-state index contributed by atoms with van der Waals surface area (Å²) in [4.78, 5) is 26.5. The quantitative estimate of drug-likeness (QED) is 0.816. The lowest BCUT2D eigenvalue weighted by Crippen LogP contribution is -2.32. The van der Waals surface area contributed by atoms with E-state index in [1.807, 2.05) is 49.4 Å². The van der Waals surface area contributed by atoms with E-state index in [-0.39, 0.29) is 24.2 Å². The molecule has 27 heavy (non-hydrogen) atoms. The van der Waals surface area contributed by atoms with E-state index in [0.29, 0.717) is 25.4 Å². The van der Waals surface area contributed by atoms with Crippen molar-refractivity contribution >= 4 is 17.5 Å². The van der Waals surface area contributed by atoms with E-state index < -0.39 is 0 Å². The number of ether oxygens (including phenoxy) is 2. The SMILES string of the molecule is CCOc1cccc(CNC(=O)C2CC(=O)N(c3cccc(OC)c3)C2)c1. The van der Waals surface area contributed by atoms with Gasteiger partial charge in [-0.3, -0.25) is 9.59 Å². The molecule has 1 unspecified atom stereocenters. The number of hydrogen-bond donors (Lipinski definition) is 1. The van der Waals surface area contributed by atoms with Crippen LogP contribution in [0.15, 0.2) is 48.5 Å². The van der Waals surface area contributed by atoms with Gasteiger partial charge in [-0.1, -0.05) is 18.2 Å². The molecule has 0 bridgehead atoms. The first-order valence-corrected chi connectivity index (χ1v) is 9.04. The molecule has 6 nitrogen and oxygen atoms in total. The number of anilines is 1. The number of nitrogens with zero attached hydrogens (tertiary/aromatic N) is 1. The minimum Gasteiger partial charge on any atom is -0.497 e. The summed E-state index contributed by atoms with van der Waals surface area (Å²) in [5, 5.41) is 2.93. The smallest absolute Gasteiger partial charge is 0.227 e. The maximum absolute atomic E-state index is 12.5. The Labute approximate surface area is 159 Å². The summed E-state index contributed by atoms with van der Waals surface area (Å²) in [5.74, 6) is 0.933. The van der Waals surface area contributed by atoms with Crippen molar-refractivity contribution in [3.05, 3.63) is 54.1 Å². The fourth-order valence-electron chi connectivity index (χ4n) is 3.16. The van der Waals surface area contributed by atoms with Gasteiger partial charge in [-0.25, -0.2) is 0 Å². The molecule has 0 aromatic heterocycles. The Bertz CT molecular complexity index is 821. The van der Waals surface area contributed by atoms with Crippen molar-refractivity contribution in [2.24, 2.45) is 5.92 Å². The average molecular weight is 368 g/mol. The van der Waals surface area contributed by atoms with E-state index >= 15 is 0 Å². The maximum atomic E-state index is 12.5. The van der Waals surface area contributed by atoms with Gasteiger partial charge < -0.3 is 19.7 Å². The highest BCUT2D eigenvalue weighted by atomic mass is 16.5. The summed E-state index contributed by atoms with van der Waals surface area (Å²) < 4.78 is 10.7. The molecule has 0 aliphatic carbocycles. The summed E-state index contributed by atoms with van der Waals surface area (Å²) in [6.07, 6.45) is 0.210. The van der Waals surface area contributed by atoms with E-state index in [1.165, 1.54) is 0 Å². The Morgan fingerprint density at radius 2 is 1.96 bits per heavy atom. The third-order valence-corrected chi connectivity index (χ3v) is 4.54. The van der Waals surface area contributed by atoms with Gasteiger partial charge in [0.2, 0.25) is 11.8 Å². The number of nitrogens with one attached hydrogen (secondary N) is 1. The third-order valence-electron chi connectivity index (χ3n) is 4.54. The molecule has 2 aromatic rings. The topological polar surface area (TPSA) is 67.9 Å². The molecule has 1 saturated heterocycles. The van der Waals surface area contributed by atoms with Crippen LogP contribution in [0.4, 0.5) is 5.69 Å². The molecule has 0 saturated carbocycles. The van der Waals surface area contributed by atoms with Crippen LogP contribution in [0.2, 0.25) is 0 Å². The second-order valence-corrected chi connectivity index (χ2v) is 6.41. The van der Waals surface area contributed by atoms with Gasteiger partial charge >= 0.3 is 0 Å².